The molecule has 0 unspecified atom stereocenters. The number of rotatable bonds is 7. The molecule has 0 saturated heterocycles. The van der Waals surface area contributed by atoms with Crippen LogP contribution in [0.5, 0.6) is 11.5 Å². The number of hydrogen-bond donors (Lipinski definition) is 2. The maximum Gasteiger partial charge on any atom is 0.162 e. The highest BCUT2D eigenvalue weighted by Crippen LogP contribution is 2.35. The summed E-state index contributed by atoms with van der Waals surface area (Å²) in [5.74, 6) is 1.43. The van der Waals surface area contributed by atoms with Gasteiger partial charge < -0.3 is 24.9 Å². The number of nitrogens with zero attached hydrogens (tertiary/aromatic N) is 1. The van der Waals surface area contributed by atoms with E-state index in [9.17, 15) is 0 Å². The Hall–Kier alpha value is -1.72. The van der Waals surface area contributed by atoms with Crippen LogP contribution in [-0.2, 0) is 13.0 Å². The van der Waals surface area contributed by atoms with Gasteiger partial charge >= 0.3 is 0 Å². The Morgan fingerprint density at radius 1 is 1.20 bits per heavy atom. The number of methoxy groups -OCH3 is 2. The lowest BCUT2D eigenvalue weighted by atomic mass is 10.1. The van der Waals surface area contributed by atoms with Crippen LogP contribution in [0.3, 0.4) is 0 Å². The van der Waals surface area contributed by atoms with Crippen LogP contribution in [-0.4, -0.2) is 37.0 Å². The van der Waals surface area contributed by atoms with Gasteiger partial charge in [-0.3, -0.25) is 0 Å². The zero-order valence-electron chi connectivity index (χ0n) is 12.1. The molecule has 0 spiro atoms. The molecule has 0 atom stereocenters. The van der Waals surface area contributed by atoms with Crippen LogP contribution in [0.1, 0.15) is 12.0 Å². The molecule has 3 N–H and O–H groups in total. The number of ether oxygens (including phenoxy) is 2. The van der Waals surface area contributed by atoms with Crippen LogP contribution in [0, 0.1) is 0 Å². The van der Waals surface area contributed by atoms with Gasteiger partial charge in [0.25, 0.3) is 0 Å². The third kappa shape index (κ3) is 2.73. The van der Waals surface area contributed by atoms with Gasteiger partial charge in [-0.15, -0.1) is 0 Å². The van der Waals surface area contributed by atoms with E-state index in [0.29, 0.717) is 12.3 Å². The van der Waals surface area contributed by atoms with Gasteiger partial charge in [-0.25, -0.2) is 0 Å². The molecule has 0 aliphatic carbocycles. The van der Waals surface area contributed by atoms with E-state index >= 15 is 0 Å². The largest absolute Gasteiger partial charge is 0.493 e. The number of aliphatic hydroxyl groups is 1. The summed E-state index contributed by atoms with van der Waals surface area (Å²) in [5.41, 5.74) is 7.95. The van der Waals surface area contributed by atoms with Crippen molar-refractivity contribution in [3.63, 3.8) is 0 Å². The van der Waals surface area contributed by atoms with E-state index in [0.717, 1.165) is 36.0 Å². The molecule has 0 bridgehead atoms. The predicted molar refractivity (Wildman–Crippen MR) is 79.5 cm³/mol. The molecular weight excluding hydrogens is 256 g/mol. The van der Waals surface area contributed by atoms with Crippen molar-refractivity contribution < 1.29 is 14.6 Å². The average Bonchev–Trinajstić information content (AvgIpc) is 2.81. The third-order valence-corrected chi connectivity index (χ3v) is 3.44. The standard InChI is InChI=1S/C15H22N2O3/c1-19-14-8-12-11(4-3-7-18)10-17(6-5-16)13(12)9-15(14)20-2/h8-10,18H,3-7,16H2,1-2H3. The second-order valence-corrected chi connectivity index (χ2v) is 4.69. The average molecular weight is 278 g/mol. The van der Waals surface area contributed by atoms with Crippen LogP contribution in [0.15, 0.2) is 18.3 Å². The Morgan fingerprint density at radius 3 is 2.50 bits per heavy atom. The fourth-order valence-corrected chi connectivity index (χ4v) is 2.48. The van der Waals surface area contributed by atoms with Gasteiger partial charge in [0.15, 0.2) is 11.5 Å². The highest BCUT2D eigenvalue weighted by Gasteiger charge is 2.13. The van der Waals surface area contributed by atoms with E-state index in [1.165, 1.54) is 5.56 Å². The number of aliphatic hydroxyl groups excluding tert-OH is 1. The summed E-state index contributed by atoms with van der Waals surface area (Å²) in [4.78, 5) is 0. The minimum absolute atomic E-state index is 0.191. The van der Waals surface area contributed by atoms with E-state index < -0.39 is 0 Å². The van der Waals surface area contributed by atoms with E-state index in [1.807, 2.05) is 12.1 Å². The van der Waals surface area contributed by atoms with Crippen LogP contribution >= 0.6 is 0 Å². The summed E-state index contributed by atoms with van der Waals surface area (Å²) in [7, 11) is 3.26. The molecule has 1 aromatic heterocycles. The van der Waals surface area contributed by atoms with Crippen LogP contribution in [0.2, 0.25) is 0 Å². The first-order valence-corrected chi connectivity index (χ1v) is 6.79. The summed E-state index contributed by atoms with van der Waals surface area (Å²) in [6.45, 7) is 1.53. The molecule has 0 saturated carbocycles. The minimum Gasteiger partial charge on any atom is -0.493 e. The van der Waals surface area contributed by atoms with Crippen molar-refractivity contribution in [2.45, 2.75) is 19.4 Å². The molecule has 0 radical (unpaired) electrons. The topological polar surface area (TPSA) is 69.6 Å². The molecule has 5 heteroatoms. The van der Waals surface area contributed by atoms with Crippen molar-refractivity contribution in [1.29, 1.82) is 0 Å². The molecule has 1 aromatic carbocycles. The summed E-state index contributed by atoms with van der Waals surface area (Å²) in [6, 6.07) is 3.97. The molecule has 0 aliphatic rings. The Labute approximate surface area is 118 Å². The number of benzene rings is 1. The molecule has 20 heavy (non-hydrogen) atoms. The van der Waals surface area contributed by atoms with Crippen molar-refractivity contribution in [1.82, 2.24) is 4.57 Å². The SMILES string of the molecule is COc1cc2c(CCCO)cn(CCN)c2cc1OC. The lowest BCUT2D eigenvalue weighted by Crippen LogP contribution is -2.08. The van der Waals surface area contributed by atoms with E-state index in [1.54, 1.807) is 14.2 Å². The van der Waals surface area contributed by atoms with Gasteiger partial charge in [0, 0.05) is 37.3 Å². The van der Waals surface area contributed by atoms with Gasteiger partial charge in [-0.1, -0.05) is 0 Å². The van der Waals surface area contributed by atoms with Crippen molar-refractivity contribution in [3.8, 4) is 11.5 Å². The zero-order valence-corrected chi connectivity index (χ0v) is 12.1. The highest BCUT2D eigenvalue weighted by molar-refractivity contribution is 5.87. The number of hydrogen-bond acceptors (Lipinski definition) is 4. The van der Waals surface area contributed by atoms with Crippen molar-refractivity contribution in [2.24, 2.45) is 5.73 Å². The fourth-order valence-electron chi connectivity index (χ4n) is 2.48. The van der Waals surface area contributed by atoms with Gasteiger partial charge in [-0.05, 0) is 24.5 Å². The van der Waals surface area contributed by atoms with Crippen molar-refractivity contribution >= 4 is 10.9 Å². The molecule has 5 nitrogen and oxygen atoms in total. The number of aromatic nitrogens is 1. The summed E-state index contributed by atoms with van der Waals surface area (Å²) in [6.07, 6.45) is 3.68. The number of nitrogens with two attached hydrogens (primary N) is 1. The Kier molecular flexibility index (Phi) is 4.87. The summed E-state index contributed by atoms with van der Waals surface area (Å²) >= 11 is 0. The fraction of sp³-hybridized carbons (Fsp3) is 0.467. The van der Waals surface area contributed by atoms with E-state index in [-0.39, 0.29) is 6.61 Å². The lowest BCUT2D eigenvalue weighted by Gasteiger charge is -2.09. The highest BCUT2D eigenvalue weighted by atomic mass is 16.5. The summed E-state index contributed by atoms with van der Waals surface area (Å²) in [5, 5.41) is 10.2. The van der Waals surface area contributed by atoms with Crippen LogP contribution < -0.4 is 15.2 Å². The normalized spacial score (nSPS) is 11.0. The first-order chi connectivity index (χ1) is 9.74. The molecule has 110 valence electrons. The quantitative estimate of drug-likeness (QED) is 0.806. The Bertz CT molecular complexity index is 578. The smallest absolute Gasteiger partial charge is 0.162 e. The minimum atomic E-state index is 0.191. The summed E-state index contributed by atoms with van der Waals surface area (Å²) < 4.78 is 12.9. The van der Waals surface area contributed by atoms with Crippen molar-refractivity contribution in [2.75, 3.05) is 27.4 Å². The van der Waals surface area contributed by atoms with Gasteiger partial charge in [0.1, 0.15) is 0 Å². The lowest BCUT2D eigenvalue weighted by molar-refractivity contribution is 0.288. The van der Waals surface area contributed by atoms with E-state index in [2.05, 4.69) is 10.8 Å². The third-order valence-electron chi connectivity index (χ3n) is 3.44. The van der Waals surface area contributed by atoms with Gasteiger partial charge in [-0.2, -0.15) is 0 Å². The van der Waals surface area contributed by atoms with Gasteiger partial charge in [0.05, 0.1) is 19.7 Å². The van der Waals surface area contributed by atoms with Gasteiger partial charge in [0.2, 0.25) is 0 Å². The Balaban J connectivity index is 2.56. The van der Waals surface area contributed by atoms with Crippen LogP contribution in [0.4, 0.5) is 0 Å². The molecule has 0 fully saturated rings. The molecular formula is C15H22N2O3. The Morgan fingerprint density at radius 2 is 1.90 bits per heavy atom. The zero-order chi connectivity index (χ0) is 14.5. The molecule has 0 amide bonds. The molecule has 2 aromatic rings. The van der Waals surface area contributed by atoms with Crippen LogP contribution in [0.25, 0.3) is 10.9 Å². The van der Waals surface area contributed by atoms with Crippen molar-refractivity contribution in [3.05, 3.63) is 23.9 Å². The molecule has 2 rings (SSSR count). The molecule has 1 heterocycles. The number of aryl methyl sites for hydroxylation is 1. The monoisotopic (exact) mass is 278 g/mol. The van der Waals surface area contributed by atoms with E-state index in [4.69, 9.17) is 20.3 Å². The predicted octanol–water partition coefficient (Wildman–Crippen LogP) is 1.54. The maximum absolute atomic E-state index is 9.02. The number of fused-ring (bicyclic) bond motifs is 1. The second-order valence-electron chi connectivity index (χ2n) is 4.69. The first kappa shape index (κ1) is 14.7. The first-order valence-electron chi connectivity index (χ1n) is 6.79. The maximum atomic E-state index is 9.02. The second kappa shape index (κ2) is 6.63. The molecule has 0 aliphatic heterocycles.